The summed E-state index contributed by atoms with van der Waals surface area (Å²) < 4.78 is 5.06. The predicted octanol–water partition coefficient (Wildman–Crippen LogP) is 2.03. The van der Waals surface area contributed by atoms with Gasteiger partial charge in [0.2, 0.25) is 5.89 Å². The molecule has 184 valence electrons. The Kier molecular flexibility index (Phi) is 10.0. The van der Waals surface area contributed by atoms with Crippen LogP contribution in [0.3, 0.4) is 0 Å². The van der Waals surface area contributed by atoms with Crippen LogP contribution in [-0.2, 0) is 17.8 Å². The van der Waals surface area contributed by atoms with Crippen molar-refractivity contribution >= 4 is 12.0 Å². The van der Waals surface area contributed by atoms with Crippen LogP contribution in [0, 0.1) is 12.8 Å². The summed E-state index contributed by atoms with van der Waals surface area (Å²) in [4.78, 5) is 34.0. The largest absolute Gasteiger partial charge is 0.508 e. The van der Waals surface area contributed by atoms with Crippen molar-refractivity contribution in [3.63, 3.8) is 0 Å². The Labute approximate surface area is 197 Å². The molecule has 7 N–H and O–H groups in total. The molecule has 3 atom stereocenters. The SMILES string of the molecule is CCC(C)C(N)c1noc(CNC(=O)NC(Cc2cnc[nH]2)C(=O)O)n1.Cc1ccc(O)cc1. The number of hydrogen-bond acceptors (Lipinski definition) is 8. The van der Waals surface area contributed by atoms with Gasteiger partial charge in [-0.25, -0.2) is 14.6 Å². The number of nitrogens with one attached hydrogen (secondary N) is 3. The summed E-state index contributed by atoms with van der Waals surface area (Å²) in [6, 6.07) is 4.97. The minimum Gasteiger partial charge on any atom is -0.508 e. The lowest BCUT2D eigenvalue weighted by Crippen LogP contribution is -2.47. The summed E-state index contributed by atoms with van der Waals surface area (Å²) in [5.74, 6) is -0.0750. The van der Waals surface area contributed by atoms with Gasteiger partial charge in [0.25, 0.3) is 0 Å². The quantitative estimate of drug-likeness (QED) is 0.270. The molecule has 1 aromatic carbocycles. The Balaban J connectivity index is 0.000000430. The van der Waals surface area contributed by atoms with Crippen molar-refractivity contribution in [3.8, 4) is 5.75 Å². The van der Waals surface area contributed by atoms with Crippen LogP contribution in [0.1, 0.15) is 49.3 Å². The van der Waals surface area contributed by atoms with E-state index in [0.717, 1.165) is 6.42 Å². The first kappa shape index (κ1) is 26.3. The molecule has 34 heavy (non-hydrogen) atoms. The van der Waals surface area contributed by atoms with E-state index in [0.29, 0.717) is 17.3 Å². The number of carbonyl (C=O) groups is 2. The molecule has 3 aromatic rings. The van der Waals surface area contributed by atoms with Crippen LogP contribution in [0.5, 0.6) is 5.75 Å². The van der Waals surface area contributed by atoms with Crippen molar-refractivity contribution in [2.24, 2.45) is 11.7 Å². The number of phenols is 1. The molecule has 12 nitrogen and oxygen atoms in total. The van der Waals surface area contributed by atoms with Gasteiger partial charge in [0.1, 0.15) is 11.8 Å². The minimum atomic E-state index is -1.16. The maximum atomic E-state index is 11.9. The molecule has 2 heterocycles. The van der Waals surface area contributed by atoms with Gasteiger partial charge in [0, 0.05) is 18.3 Å². The number of urea groups is 1. The number of aliphatic carboxylic acids is 1. The van der Waals surface area contributed by atoms with Gasteiger partial charge >= 0.3 is 12.0 Å². The first-order valence-corrected chi connectivity index (χ1v) is 10.8. The average Bonchev–Trinajstić information content (AvgIpc) is 3.51. The summed E-state index contributed by atoms with van der Waals surface area (Å²) in [6.45, 7) is 5.94. The summed E-state index contributed by atoms with van der Waals surface area (Å²) in [5.41, 5.74) is 7.79. The second-order valence-corrected chi connectivity index (χ2v) is 7.79. The molecule has 3 rings (SSSR count). The predicted molar refractivity (Wildman–Crippen MR) is 123 cm³/mol. The molecule has 3 unspecified atom stereocenters. The first-order valence-electron chi connectivity index (χ1n) is 10.8. The number of nitrogens with two attached hydrogens (primary N) is 1. The molecular formula is C22H31N7O5. The van der Waals surface area contributed by atoms with Crippen LogP contribution in [0.15, 0.2) is 41.3 Å². The number of rotatable bonds is 9. The molecule has 0 aliphatic rings. The van der Waals surface area contributed by atoms with Crippen LogP contribution in [0.25, 0.3) is 0 Å². The molecule has 0 saturated heterocycles. The topological polar surface area (TPSA) is 192 Å². The lowest BCUT2D eigenvalue weighted by molar-refractivity contribution is -0.139. The van der Waals surface area contributed by atoms with E-state index in [1.165, 1.54) is 18.1 Å². The molecule has 0 aliphatic heterocycles. The highest BCUT2D eigenvalue weighted by Crippen LogP contribution is 2.19. The van der Waals surface area contributed by atoms with Crippen molar-refractivity contribution in [1.82, 2.24) is 30.7 Å². The number of hydrogen-bond donors (Lipinski definition) is 6. The number of imidazole rings is 1. The number of carboxylic acid groups (broad SMARTS) is 1. The highest BCUT2D eigenvalue weighted by molar-refractivity contribution is 5.82. The van der Waals surface area contributed by atoms with E-state index in [-0.39, 0.29) is 30.8 Å². The number of benzene rings is 1. The molecule has 0 bridgehead atoms. The van der Waals surface area contributed by atoms with Gasteiger partial charge in [0.15, 0.2) is 5.82 Å². The summed E-state index contributed by atoms with van der Waals surface area (Å²) in [6.07, 6.45) is 3.89. The molecule has 12 heteroatoms. The van der Waals surface area contributed by atoms with Crippen molar-refractivity contribution in [3.05, 3.63) is 59.8 Å². The Morgan fingerprint density at radius 2 is 1.97 bits per heavy atom. The number of H-pyrrole nitrogens is 1. The van der Waals surface area contributed by atoms with E-state index in [1.54, 1.807) is 12.1 Å². The number of phenolic OH excluding ortho intramolecular Hbond substituents is 1. The number of aromatic amines is 1. The second-order valence-electron chi connectivity index (χ2n) is 7.79. The fourth-order valence-corrected chi connectivity index (χ4v) is 2.71. The van der Waals surface area contributed by atoms with Gasteiger partial charge in [-0.05, 0) is 25.0 Å². The molecule has 0 radical (unpaired) electrons. The summed E-state index contributed by atoms with van der Waals surface area (Å²) in [7, 11) is 0. The van der Waals surface area contributed by atoms with E-state index >= 15 is 0 Å². The Morgan fingerprint density at radius 3 is 2.53 bits per heavy atom. The average molecular weight is 474 g/mol. The monoisotopic (exact) mass is 473 g/mol. The third-order valence-electron chi connectivity index (χ3n) is 5.06. The van der Waals surface area contributed by atoms with E-state index in [2.05, 4.69) is 30.7 Å². The van der Waals surface area contributed by atoms with E-state index in [9.17, 15) is 14.7 Å². The number of aromatic hydroxyl groups is 1. The lowest BCUT2D eigenvalue weighted by Gasteiger charge is -2.14. The van der Waals surface area contributed by atoms with Crippen molar-refractivity contribution in [1.29, 1.82) is 0 Å². The van der Waals surface area contributed by atoms with Crippen LogP contribution in [-0.4, -0.2) is 48.4 Å². The number of aryl methyl sites for hydroxylation is 1. The smallest absolute Gasteiger partial charge is 0.326 e. The van der Waals surface area contributed by atoms with Crippen LogP contribution >= 0.6 is 0 Å². The number of carbonyl (C=O) groups excluding carboxylic acids is 1. The van der Waals surface area contributed by atoms with Crippen molar-refractivity contribution in [2.45, 2.75) is 52.2 Å². The number of carboxylic acids is 1. The molecule has 0 aliphatic carbocycles. The highest BCUT2D eigenvalue weighted by Gasteiger charge is 2.22. The Bertz CT molecular complexity index is 1000. The maximum Gasteiger partial charge on any atom is 0.326 e. The Hall–Kier alpha value is -3.93. The van der Waals surface area contributed by atoms with Gasteiger partial charge in [-0.3, -0.25) is 0 Å². The van der Waals surface area contributed by atoms with Gasteiger partial charge in [-0.15, -0.1) is 0 Å². The van der Waals surface area contributed by atoms with Gasteiger partial charge < -0.3 is 36.1 Å². The number of amides is 2. The van der Waals surface area contributed by atoms with Crippen LogP contribution in [0.4, 0.5) is 4.79 Å². The summed E-state index contributed by atoms with van der Waals surface area (Å²) >= 11 is 0. The van der Waals surface area contributed by atoms with Gasteiger partial charge in [-0.2, -0.15) is 4.98 Å². The zero-order valence-corrected chi connectivity index (χ0v) is 19.4. The molecule has 0 saturated carbocycles. The Morgan fingerprint density at radius 1 is 1.26 bits per heavy atom. The molecule has 2 amide bonds. The molecule has 2 aromatic heterocycles. The van der Waals surface area contributed by atoms with Crippen molar-refractivity contribution in [2.75, 3.05) is 0 Å². The third kappa shape index (κ3) is 8.54. The number of aromatic nitrogens is 4. The highest BCUT2D eigenvalue weighted by atomic mass is 16.5. The molecule has 0 spiro atoms. The molecular weight excluding hydrogens is 442 g/mol. The standard InChI is InChI=1S/C15H23N7O4.C7H8O/c1-3-8(2)12(16)13-21-11(26-22-13)6-18-15(25)20-10(14(23)24)4-9-5-17-7-19-9;1-6-2-4-7(8)5-3-6/h5,7-8,10,12H,3-4,6,16H2,1-2H3,(H,17,19)(H,23,24)(H2,18,20,25);2-5,8H,1H3. The van der Waals surface area contributed by atoms with Crippen LogP contribution < -0.4 is 16.4 Å². The first-order chi connectivity index (χ1) is 16.2. The van der Waals surface area contributed by atoms with Gasteiger partial charge in [-0.1, -0.05) is 43.1 Å². The second kappa shape index (κ2) is 12.9. The zero-order chi connectivity index (χ0) is 25.1. The van der Waals surface area contributed by atoms with Gasteiger partial charge in [0.05, 0.1) is 18.9 Å². The normalized spacial score (nSPS) is 13.2. The maximum absolute atomic E-state index is 11.9. The van der Waals surface area contributed by atoms with E-state index in [1.807, 2.05) is 32.9 Å². The lowest BCUT2D eigenvalue weighted by atomic mass is 10.00. The minimum absolute atomic E-state index is 0.0392. The van der Waals surface area contributed by atoms with E-state index in [4.69, 9.17) is 15.4 Å². The fourth-order valence-electron chi connectivity index (χ4n) is 2.71. The third-order valence-corrected chi connectivity index (χ3v) is 5.06. The summed E-state index contributed by atoms with van der Waals surface area (Å²) in [5, 5.41) is 26.6. The van der Waals surface area contributed by atoms with Crippen LogP contribution in [0.2, 0.25) is 0 Å². The zero-order valence-electron chi connectivity index (χ0n) is 19.4. The number of nitrogens with zero attached hydrogens (tertiary/aromatic N) is 3. The molecule has 0 fully saturated rings. The van der Waals surface area contributed by atoms with Crippen molar-refractivity contribution < 1.29 is 24.3 Å². The fraction of sp³-hybridized carbons (Fsp3) is 0.409. The van der Waals surface area contributed by atoms with E-state index < -0.39 is 18.0 Å².